The van der Waals surface area contributed by atoms with Crippen LogP contribution in [0.15, 0.2) is 36.7 Å². The SMILES string of the molecule is COc1ncc(C2CC2)cc1-c1cnc(N2CCOCC2)nc1CN1C(=O)O[C@H](c2cc(C(F)(F)F)cc(C(F)(F)F)c2)[C@@H]1C. The number of pyridine rings is 1. The van der Waals surface area contributed by atoms with Gasteiger partial charge in [0, 0.05) is 36.6 Å². The molecule has 15 heteroatoms. The monoisotopic (exact) mass is 637 g/mol. The number of benzene rings is 1. The fourth-order valence-corrected chi connectivity index (χ4v) is 5.60. The maximum absolute atomic E-state index is 13.6. The molecular formula is C30H29F6N5O4. The Hall–Kier alpha value is -4.14. The van der Waals surface area contributed by atoms with Crippen LogP contribution in [0.1, 0.15) is 59.7 Å². The van der Waals surface area contributed by atoms with Gasteiger partial charge in [-0.05, 0) is 61.1 Å². The highest BCUT2D eigenvalue weighted by Gasteiger charge is 2.44. The second-order valence-corrected chi connectivity index (χ2v) is 11.2. The number of carbonyl (C=O) groups excluding carboxylic acids is 1. The van der Waals surface area contributed by atoms with E-state index in [2.05, 4.69) is 9.97 Å². The largest absolute Gasteiger partial charge is 0.481 e. The normalized spacial score (nSPS) is 20.8. The zero-order valence-electron chi connectivity index (χ0n) is 24.3. The molecule has 1 aliphatic carbocycles. The smallest absolute Gasteiger partial charge is 0.416 e. The van der Waals surface area contributed by atoms with Gasteiger partial charge in [0.2, 0.25) is 11.8 Å². The highest BCUT2D eigenvalue weighted by atomic mass is 19.4. The third-order valence-electron chi connectivity index (χ3n) is 8.20. The molecule has 0 unspecified atom stereocenters. The molecule has 2 aromatic heterocycles. The van der Waals surface area contributed by atoms with Crippen LogP contribution < -0.4 is 9.64 Å². The number of alkyl halides is 6. The first kappa shape index (κ1) is 30.9. The van der Waals surface area contributed by atoms with E-state index in [4.69, 9.17) is 19.2 Å². The van der Waals surface area contributed by atoms with Gasteiger partial charge in [-0.3, -0.25) is 4.90 Å². The number of hydrogen-bond acceptors (Lipinski definition) is 8. The second kappa shape index (κ2) is 11.7. The summed E-state index contributed by atoms with van der Waals surface area (Å²) in [5.74, 6) is 1.05. The van der Waals surface area contributed by atoms with E-state index < -0.39 is 47.3 Å². The molecule has 3 fully saturated rings. The third kappa shape index (κ3) is 6.35. The van der Waals surface area contributed by atoms with Gasteiger partial charge in [-0.15, -0.1) is 0 Å². The van der Waals surface area contributed by atoms with Crippen molar-refractivity contribution in [3.63, 3.8) is 0 Å². The summed E-state index contributed by atoms with van der Waals surface area (Å²) in [6.07, 6.45) is -7.00. The maximum atomic E-state index is 13.6. The number of nitrogens with zero attached hydrogens (tertiary/aromatic N) is 5. The maximum Gasteiger partial charge on any atom is 0.416 e. The molecule has 2 atom stereocenters. The molecule has 45 heavy (non-hydrogen) atoms. The topological polar surface area (TPSA) is 89.9 Å². The van der Waals surface area contributed by atoms with Crippen molar-refractivity contribution < 1.29 is 45.3 Å². The van der Waals surface area contributed by atoms with Gasteiger partial charge >= 0.3 is 18.4 Å². The number of methoxy groups -OCH3 is 1. The Morgan fingerprint density at radius 2 is 1.58 bits per heavy atom. The van der Waals surface area contributed by atoms with Crippen LogP contribution in [0.25, 0.3) is 11.1 Å². The number of ether oxygens (including phenoxy) is 3. The molecule has 240 valence electrons. The number of hydrogen-bond donors (Lipinski definition) is 0. The Bertz CT molecular complexity index is 1560. The molecule has 1 amide bonds. The van der Waals surface area contributed by atoms with Crippen LogP contribution in [0, 0.1) is 0 Å². The first-order valence-electron chi connectivity index (χ1n) is 14.3. The molecule has 4 heterocycles. The van der Waals surface area contributed by atoms with E-state index in [0.717, 1.165) is 18.4 Å². The van der Waals surface area contributed by atoms with Gasteiger partial charge in [0.05, 0.1) is 49.7 Å². The number of cyclic esters (lactones) is 1. The van der Waals surface area contributed by atoms with Gasteiger partial charge in [-0.25, -0.2) is 19.7 Å². The standard InChI is InChI=1S/C30H29F6N5O4/c1-16-25(18-9-20(29(31,32)33)12-21(10-18)30(34,35)36)45-28(42)41(16)15-24-23(14-38-27(39-24)40-5-7-44-8-6-40)22-11-19(17-3-4-17)13-37-26(22)43-2/h9-14,16-17,25H,3-8,15H2,1-2H3/t16-,25-/m0/s1. The Balaban J connectivity index is 1.38. The predicted molar refractivity (Wildman–Crippen MR) is 147 cm³/mol. The van der Waals surface area contributed by atoms with E-state index in [1.807, 2.05) is 11.0 Å². The quantitative estimate of drug-likeness (QED) is 0.276. The van der Waals surface area contributed by atoms with Crippen molar-refractivity contribution in [1.82, 2.24) is 19.9 Å². The zero-order chi connectivity index (χ0) is 32.1. The van der Waals surface area contributed by atoms with E-state index in [1.54, 1.807) is 12.4 Å². The Morgan fingerprint density at radius 1 is 0.911 bits per heavy atom. The molecule has 1 aromatic carbocycles. The molecule has 2 aliphatic heterocycles. The van der Waals surface area contributed by atoms with E-state index in [1.165, 1.54) is 18.9 Å². The van der Waals surface area contributed by atoms with Crippen LogP contribution >= 0.6 is 0 Å². The predicted octanol–water partition coefficient (Wildman–Crippen LogP) is 6.38. The third-order valence-corrected chi connectivity index (χ3v) is 8.20. The lowest BCUT2D eigenvalue weighted by atomic mass is 9.97. The van der Waals surface area contributed by atoms with E-state index in [-0.39, 0.29) is 12.6 Å². The van der Waals surface area contributed by atoms with Gasteiger partial charge in [-0.2, -0.15) is 26.3 Å². The van der Waals surface area contributed by atoms with Gasteiger partial charge in [0.25, 0.3) is 0 Å². The fraction of sp³-hybridized carbons (Fsp3) is 0.467. The summed E-state index contributed by atoms with van der Waals surface area (Å²) in [6.45, 7) is 3.33. The molecule has 1 saturated carbocycles. The number of anilines is 1. The Morgan fingerprint density at radius 3 is 2.18 bits per heavy atom. The van der Waals surface area contributed by atoms with Gasteiger partial charge in [0.1, 0.15) is 6.10 Å². The number of halogens is 6. The van der Waals surface area contributed by atoms with Crippen molar-refractivity contribution in [2.75, 3.05) is 38.3 Å². The number of aromatic nitrogens is 3. The molecule has 0 radical (unpaired) electrons. The molecule has 2 saturated heterocycles. The number of carbonyl (C=O) groups is 1. The molecule has 3 aromatic rings. The molecule has 0 N–H and O–H groups in total. The van der Waals surface area contributed by atoms with Crippen molar-refractivity contribution >= 4 is 12.0 Å². The summed E-state index contributed by atoms with van der Waals surface area (Å²) in [5, 5.41) is 0. The average Bonchev–Trinajstić information content (AvgIpc) is 3.83. The summed E-state index contributed by atoms with van der Waals surface area (Å²) in [5.41, 5.74) is -0.900. The van der Waals surface area contributed by atoms with Crippen molar-refractivity contribution in [1.29, 1.82) is 0 Å². The van der Waals surface area contributed by atoms with Crippen LogP contribution in [0.2, 0.25) is 0 Å². The summed E-state index contributed by atoms with van der Waals surface area (Å²) in [7, 11) is 1.47. The number of amides is 1. The van der Waals surface area contributed by atoms with Gasteiger partial charge in [0.15, 0.2) is 0 Å². The first-order chi connectivity index (χ1) is 21.3. The minimum Gasteiger partial charge on any atom is -0.481 e. The number of rotatable bonds is 7. The van der Waals surface area contributed by atoms with Crippen LogP contribution in [-0.4, -0.2) is 65.4 Å². The molecule has 9 nitrogen and oxygen atoms in total. The molecular weight excluding hydrogens is 608 g/mol. The fourth-order valence-electron chi connectivity index (χ4n) is 5.60. The Kier molecular flexibility index (Phi) is 8.00. The summed E-state index contributed by atoms with van der Waals surface area (Å²) in [4.78, 5) is 30.2. The van der Waals surface area contributed by atoms with Crippen molar-refractivity contribution in [2.45, 2.75) is 56.7 Å². The minimum atomic E-state index is -5.05. The van der Waals surface area contributed by atoms with Crippen molar-refractivity contribution in [3.8, 4) is 17.0 Å². The lowest BCUT2D eigenvalue weighted by Crippen LogP contribution is -2.38. The average molecular weight is 638 g/mol. The molecule has 6 rings (SSSR count). The van der Waals surface area contributed by atoms with Crippen LogP contribution in [0.4, 0.5) is 37.1 Å². The highest BCUT2D eigenvalue weighted by molar-refractivity contribution is 5.74. The molecule has 3 aliphatic rings. The number of morpholine rings is 1. The van der Waals surface area contributed by atoms with Crippen LogP contribution in [0.3, 0.4) is 0 Å². The van der Waals surface area contributed by atoms with Crippen molar-refractivity contribution in [2.24, 2.45) is 0 Å². The Labute approximate surface area is 254 Å². The second-order valence-electron chi connectivity index (χ2n) is 11.2. The van der Waals surface area contributed by atoms with E-state index >= 15 is 0 Å². The summed E-state index contributed by atoms with van der Waals surface area (Å²) in [6, 6.07) is 2.20. The van der Waals surface area contributed by atoms with Gasteiger partial charge in [-0.1, -0.05) is 0 Å². The summed E-state index contributed by atoms with van der Waals surface area (Å²) < 4.78 is 97.8. The molecule has 0 spiro atoms. The lowest BCUT2D eigenvalue weighted by molar-refractivity contribution is -0.143. The van der Waals surface area contributed by atoms with Gasteiger partial charge < -0.3 is 19.1 Å². The van der Waals surface area contributed by atoms with Crippen LogP contribution in [-0.2, 0) is 28.4 Å². The first-order valence-corrected chi connectivity index (χ1v) is 14.3. The summed E-state index contributed by atoms with van der Waals surface area (Å²) >= 11 is 0. The van der Waals surface area contributed by atoms with E-state index in [9.17, 15) is 31.1 Å². The lowest BCUT2D eigenvalue weighted by Gasteiger charge is -2.28. The van der Waals surface area contributed by atoms with E-state index in [0.29, 0.717) is 73.0 Å². The molecule has 0 bridgehead atoms. The minimum absolute atomic E-state index is 0.0419. The van der Waals surface area contributed by atoms with Crippen LogP contribution in [0.5, 0.6) is 5.88 Å². The highest BCUT2D eigenvalue weighted by Crippen LogP contribution is 2.44. The van der Waals surface area contributed by atoms with Crippen molar-refractivity contribution in [3.05, 3.63) is 64.6 Å². The zero-order valence-corrected chi connectivity index (χ0v) is 24.3.